The maximum Gasteiger partial charge on any atom is 0.332 e. The number of hydrogen-bond acceptors (Lipinski definition) is 7. The zero-order valence-electron chi connectivity index (χ0n) is 16.4. The van der Waals surface area contributed by atoms with E-state index in [1.54, 1.807) is 12.2 Å². The molecule has 7 nitrogen and oxygen atoms in total. The van der Waals surface area contributed by atoms with E-state index in [1.165, 1.54) is 12.8 Å². The van der Waals surface area contributed by atoms with Crippen molar-refractivity contribution < 1.29 is 24.2 Å². The van der Waals surface area contributed by atoms with E-state index in [9.17, 15) is 14.4 Å². The standard InChI is InChI=1S/C15H22N2O2.C6H8O3/c18-12-16-14(7-3-1-4-8-14)11-15(17-13-19)9-5-2-6-10-15;1-3-5(7)9-6(8)4-2/h1-11H2;3-5,7H,1-2H2. The third-order valence-corrected chi connectivity index (χ3v) is 5.40. The third kappa shape index (κ3) is 7.73. The first-order valence-electron chi connectivity index (χ1n) is 9.76. The van der Waals surface area contributed by atoms with Crippen molar-refractivity contribution in [3.8, 4) is 0 Å². The van der Waals surface area contributed by atoms with E-state index < -0.39 is 12.3 Å². The van der Waals surface area contributed by atoms with Crippen LogP contribution in [0.2, 0.25) is 0 Å². The van der Waals surface area contributed by atoms with Gasteiger partial charge in [0.15, 0.2) is 0 Å². The molecule has 0 amide bonds. The Morgan fingerprint density at radius 1 is 0.964 bits per heavy atom. The van der Waals surface area contributed by atoms with Crippen molar-refractivity contribution in [1.29, 1.82) is 0 Å². The van der Waals surface area contributed by atoms with Crippen molar-refractivity contribution in [2.75, 3.05) is 0 Å². The Labute approximate surface area is 166 Å². The lowest BCUT2D eigenvalue weighted by Crippen LogP contribution is -2.41. The molecule has 0 saturated heterocycles. The highest BCUT2D eigenvalue weighted by molar-refractivity contribution is 5.81. The molecular weight excluding hydrogens is 360 g/mol. The van der Waals surface area contributed by atoms with Gasteiger partial charge in [-0.3, -0.25) is 0 Å². The Morgan fingerprint density at radius 3 is 1.71 bits per heavy atom. The van der Waals surface area contributed by atoms with Crippen LogP contribution < -0.4 is 0 Å². The number of carbonyl (C=O) groups excluding carboxylic acids is 3. The number of aliphatic hydroxyl groups excluding tert-OH is 1. The molecule has 0 aromatic carbocycles. The molecule has 0 heterocycles. The molecule has 0 spiro atoms. The molecule has 7 heteroatoms. The van der Waals surface area contributed by atoms with Crippen LogP contribution in [-0.2, 0) is 19.1 Å². The minimum absolute atomic E-state index is 0.322. The molecule has 0 aliphatic heterocycles. The Balaban J connectivity index is 0.000000370. The van der Waals surface area contributed by atoms with Gasteiger partial charge in [0.1, 0.15) is 0 Å². The summed E-state index contributed by atoms with van der Waals surface area (Å²) in [4.78, 5) is 40.1. The first-order valence-corrected chi connectivity index (χ1v) is 9.76. The highest BCUT2D eigenvalue weighted by atomic mass is 16.6. The smallest absolute Gasteiger partial charge is 0.332 e. The summed E-state index contributed by atoms with van der Waals surface area (Å²) >= 11 is 0. The Morgan fingerprint density at radius 2 is 1.39 bits per heavy atom. The zero-order valence-corrected chi connectivity index (χ0v) is 16.4. The lowest BCUT2D eigenvalue weighted by Gasteiger charge is -2.41. The van der Waals surface area contributed by atoms with Crippen LogP contribution in [0.5, 0.6) is 0 Å². The number of isocyanates is 2. The van der Waals surface area contributed by atoms with Gasteiger partial charge in [-0.05, 0) is 38.2 Å². The van der Waals surface area contributed by atoms with Gasteiger partial charge < -0.3 is 9.84 Å². The monoisotopic (exact) mass is 390 g/mol. The summed E-state index contributed by atoms with van der Waals surface area (Å²) in [5.74, 6) is -0.664. The fourth-order valence-electron chi connectivity index (χ4n) is 4.10. The van der Waals surface area contributed by atoms with Crippen LogP contribution in [0.4, 0.5) is 0 Å². The highest BCUT2D eigenvalue weighted by Crippen LogP contribution is 2.44. The van der Waals surface area contributed by atoms with Crippen LogP contribution in [0.3, 0.4) is 0 Å². The normalized spacial score (nSPS) is 20.6. The fourth-order valence-corrected chi connectivity index (χ4v) is 4.10. The summed E-state index contributed by atoms with van der Waals surface area (Å²) in [7, 11) is 0. The summed E-state index contributed by atoms with van der Waals surface area (Å²) in [5.41, 5.74) is -0.643. The zero-order chi connectivity index (χ0) is 20.9. The second-order valence-electron chi connectivity index (χ2n) is 7.42. The van der Waals surface area contributed by atoms with Crippen molar-refractivity contribution in [2.45, 2.75) is 88.0 Å². The van der Waals surface area contributed by atoms with Gasteiger partial charge in [0.05, 0.1) is 11.1 Å². The summed E-state index contributed by atoms with van der Waals surface area (Å²) in [6.45, 7) is 6.31. The lowest BCUT2D eigenvalue weighted by molar-refractivity contribution is -0.154. The molecule has 0 bridgehead atoms. The molecule has 1 N–H and O–H groups in total. The molecule has 2 saturated carbocycles. The average Bonchev–Trinajstić information content (AvgIpc) is 2.70. The van der Waals surface area contributed by atoms with Gasteiger partial charge in [-0.1, -0.05) is 51.7 Å². The van der Waals surface area contributed by atoms with Crippen LogP contribution in [-0.4, -0.2) is 40.6 Å². The molecule has 2 aliphatic carbocycles. The van der Waals surface area contributed by atoms with Gasteiger partial charge in [-0.2, -0.15) is 9.98 Å². The largest absolute Gasteiger partial charge is 0.429 e. The maximum absolute atomic E-state index is 10.8. The second-order valence-corrected chi connectivity index (χ2v) is 7.42. The van der Waals surface area contributed by atoms with Crippen LogP contribution in [0.15, 0.2) is 35.3 Å². The quantitative estimate of drug-likeness (QED) is 0.178. The number of aliphatic hydroxyl groups is 1. The van der Waals surface area contributed by atoms with Crippen molar-refractivity contribution in [3.63, 3.8) is 0 Å². The number of carbonyl (C=O) groups is 1. The number of nitrogens with zero attached hydrogens (tertiary/aromatic N) is 2. The van der Waals surface area contributed by atoms with E-state index in [4.69, 9.17) is 5.11 Å². The number of aliphatic imine (C=N–C) groups is 2. The number of ether oxygens (including phenoxy) is 1. The molecule has 1 atom stereocenters. The number of rotatable bonds is 7. The van der Waals surface area contributed by atoms with Crippen LogP contribution in [0.25, 0.3) is 0 Å². The van der Waals surface area contributed by atoms with Crippen LogP contribution in [0, 0.1) is 0 Å². The first-order chi connectivity index (χ1) is 13.4. The van der Waals surface area contributed by atoms with E-state index >= 15 is 0 Å². The predicted octanol–water partition coefficient (Wildman–Crippen LogP) is 3.67. The molecule has 2 aliphatic rings. The lowest BCUT2D eigenvalue weighted by atomic mass is 9.69. The highest BCUT2D eigenvalue weighted by Gasteiger charge is 2.43. The Kier molecular flexibility index (Phi) is 10.3. The molecular formula is C21H30N2O5. The topological polar surface area (TPSA) is 105 Å². The van der Waals surface area contributed by atoms with Crippen LogP contribution in [0.1, 0.15) is 70.6 Å². The van der Waals surface area contributed by atoms with E-state index in [1.807, 2.05) is 0 Å². The van der Waals surface area contributed by atoms with Gasteiger partial charge in [0.2, 0.25) is 18.4 Å². The number of esters is 1. The molecule has 0 aromatic rings. The minimum atomic E-state index is -1.23. The Hall–Kier alpha value is -2.33. The molecule has 0 radical (unpaired) electrons. The van der Waals surface area contributed by atoms with Gasteiger partial charge in [-0.25, -0.2) is 14.4 Å². The number of hydrogen-bond donors (Lipinski definition) is 1. The average molecular weight is 390 g/mol. The first kappa shape index (κ1) is 23.7. The maximum atomic E-state index is 10.8. The van der Waals surface area contributed by atoms with Crippen molar-refractivity contribution >= 4 is 18.1 Å². The summed E-state index contributed by atoms with van der Waals surface area (Å²) in [6.07, 6.45) is 15.6. The summed E-state index contributed by atoms with van der Waals surface area (Å²) in [6, 6.07) is 0. The van der Waals surface area contributed by atoms with E-state index in [2.05, 4.69) is 27.9 Å². The van der Waals surface area contributed by atoms with E-state index in [-0.39, 0.29) is 11.1 Å². The second kappa shape index (κ2) is 12.2. The molecule has 0 aromatic heterocycles. The van der Waals surface area contributed by atoms with E-state index in [0.29, 0.717) is 0 Å². The van der Waals surface area contributed by atoms with Gasteiger partial charge >= 0.3 is 5.97 Å². The van der Waals surface area contributed by atoms with Crippen molar-refractivity contribution in [1.82, 2.24) is 0 Å². The van der Waals surface area contributed by atoms with E-state index in [0.717, 1.165) is 69.9 Å². The molecule has 1 unspecified atom stereocenters. The third-order valence-electron chi connectivity index (χ3n) is 5.40. The molecule has 154 valence electrons. The summed E-state index contributed by atoms with van der Waals surface area (Å²) < 4.78 is 4.23. The fraction of sp³-hybridized carbons (Fsp3) is 0.667. The van der Waals surface area contributed by atoms with Crippen LogP contribution >= 0.6 is 0 Å². The summed E-state index contributed by atoms with van der Waals surface area (Å²) in [5, 5.41) is 8.55. The van der Waals surface area contributed by atoms with Gasteiger partial charge in [0, 0.05) is 6.08 Å². The van der Waals surface area contributed by atoms with Crippen molar-refractivity contribution in [2.24, 2.45) is 9.98 Å². The predicted molar refractivity (Wildman–Crippen MR) is 105 cm³/mol. The molecule has 28 heavy (non-hydrogen) atoms. The SMILES string of the molecule is C=CC(=O)OC(O)C=C.O=C=NC1(CC2(N=C=O)CCCCC2)CCCCC1. The van der Waals surface area contributed by atoms with Gasteiger partial charge in [0.25, 0.3) is 0 Å². The molecule has 2 rings (SSSR count). The van der Waals surface area contributed by atoms with Gasteiger partial charge in [-0.15, -0.1) is 0 Å². The van der Waals surface area contributed by atoms with Crippen molar-refractivity contribution in [3.05, 3.63) is 25.3 Å². The Bertz CT molecular complexity index is 583. The minimum Gasteiger partial charge on any atom is -0.429 e. The molecule has 2 fully saturated rings.